The Bertz CT molecular complexity index is 584. The van der Waals surface area contributed by atoms with Crippen molar-refractivity contribution in [1.82, 2.24) is 0 Å². The molecule has 0 heterocycles. The molecule has 0 aromatic rings. The number of hydrogen-bond donors (Lipinski definition) is 0. The lowest BCUT2D eigenvalue weighted by Crippen LogP contribution is -2.54. The van der Waals surface area contributed by atoms with Gasteiger partial charge in [0.1, 0.15) is 11.9 Å². The first-order valence-electron chi connectivity index (χ1n) is 10.5. The first-order valence-corrected chi connectivity index (χ1v) is 10.5. The Hall–Kier alpha value is -0.860. The van der Waals surface area contributed by atoms with E-state index < -0.39 is 0 Å². The Labute approximate surface area is 152 Å². The zero-order valence-electron chi connectivity index (χ0n) is 16.3. The highest BCUT2D eigenvalue weighted by molar-refractivity contribution is 5.89. The van der Waals surface area contributed by atoms with Gasteiger partial charge >= 0.3 is 5.97 Å². The molecule has 4 aliphatic carbocycles. The molecule has 0 unspecified atom stereocenters. The van der Waals surface area contributed by atoms with Crippen LogP contribution in [-0.4, -0.2) is 17.9 Å². The SMILES string of the molecule is CC(=O)O[C@@H]1CC[C@@]2(C)[C@@H](CC[C@@H]3[C@H]2CC[C@]2(C)C(=O)[C@H](C)C[C@@H]32)C1. The zero-order valence-corrected chi connectivity index (χ0v) is 16.3. The lowest BCUT2D eigenvalue weighted by atomic mass is 9.45. The largest absolute Gasteiger partial charge is 0.463 e. The molecule has 0 radical (unpaired) electrons. The van der Waals surface area contributed by atoms with Gasteiger partial charge in [-0.15, -0.1) is 0 Å². The van der Waals surface area contributed by atoms with Crippen molar-refractivity contribution in [3.8, 4) is 0 Å². The molecule has 140 valence electrons. The van der Waals surface area contributed by atoms with E-state index in [-0.39, 0.29) is 23.4 Å². The highest BCUT2D eigenvalue weighted by Crippen LogP contribution is 2.66. The predicted octanol–water partition coefficient (Wildman–Crippen LogP) is 4.78. The van der Waals surface area contributed by atoms with Crippen LogP contribution in [-0.2, 0) is 14.3 Å². The first kappa shape index (κ1) is 17.5. The Morgan fingerprint density at radius 2 is 1.80 bits per heavy atom. The first-order chi connectivity index (χ1) is 11.8. The summed E-state index contributed by atoms with van der Waals surface area (Å²) < 4.78 is 5.55. The average molecular weight is 347 g/mol. The summed E-state index contributed by atoms with van der Waals surface area (Å²) in [6.45, 7) is 8.47. The lowest BCUT2D eigenvalue weighted by molar-refractivity contribution is -0.160. The Kier molecular flexibility index (Phi) is 4.09. The minimum atomic E-state index is -0.130. The summed E-state index contributed by atoms with van der Waals surface area (Å²) in [5.41, 5.74) is 0.342. The Balaban J connectivity index is 1.55. The van der Waals surface area contributed by atoms with Gasteiger partial charge in [-0.1, -0.05) is 20.8 Å². The molecule has 0 saturated heterocycles. The van der Waals surface area contributed by atoms with E-state index in [2.05, 4.69) is 20.8 Å². The number of carbonyl (C=O) groups is 2. The van der Waals surface area contributed by atoms with Crippen LogP contribution >= 0.6 is 0 Å². The fourth-order valence-electron chi connectivity index (χ4n) is 7.67. The predicted molar refractivity (Wildman–Crippen MR) is 96.8 cm³/mol. The van der Waals surface area contributed by atoms with Crippen LogP contribution in [0, 0.1) is 40.4 Å². The van der Waals surface area contributed by atoms with Crippen LogP contribution < -0.4 is 0 Å². The number of hydrogen-bond acceptors (Lipinski definition) is 3. The second kappa shape index (κ2) is 5.82. The molecule has 4 rings (SSSR count). The molecule has 4 aliphatic rings. The molecule has 0 spiro atoms. The molecular weight excluding hydrogens is 312 g/mol. The molecule has 0 amide bonds. The topological polar surface area (TPSA) is 43.4 Å². The highest BCUT2D eigenvalue weighted by Gasteiger charge is 2.61. The van der Waals surface area contributed by atoms with Crippen LogP contribution in [0.2, 0.25) is 0 Å². The number of ketones is 1. The van der Waals surface area contributed by atoms with Gasteiger partial charge in [0.05, 0.1) is 0 Å². The van der Waals surface area contributed by atoms with Crippen LogP contribution in [0.15, 0.2) is 0 Å². The molecule has 4 saturated carbocycles. The van der Waals surface area contributed by atoms with Gasteiger partial charge < -0.3 is 4.74 Å². The molecule has 3 nitrogen and oxygen atoms in total. The molecule has 8 atom stereocenters. The van der Waals surface area contributed by atoms with Crippen molar-refractivity contribution < 1.29 is 14.3 Å². The van der Waals surface area contributed by atoms with Gasteiger partial charge in [0, 0.05) is 18.3 Å². The van der Waals surface area contributed by atoms with E-state index in [9.17, 15) is 9.59 Å². The normalized spacial score (nSPS) is 52.1. The molecule has 0 N–H and O–H groups in total. The molecule has 4 fully saturated rings. The second-order valence-corrected chi connectivity index (χ2v) is 10.1. The zero-order chi connectivity index (χ0) is 18.0. The summed E-state index contributed by atoms with van der Waals surface area (Å²) in [5, 5.41) is 0. The number of ether oxygens (including phenoxy) is 1. The van der Waals surface area contributed by atoms with Crippen LogP contribution in [0.4, 0.5) is 0 Å². The minimum absolute atomic E-state index is 0.0429. The molecule has 3 heteroatoms. The maximum absolute atomic E-state index is 12.8. The average Bonchev–Trinajstić information content (AvgIpc) is 2.78. The van der Waals surface area contributed by atoms with Crippen LogP contribution in [0.25, 0.3) is 0 Å². The van der Waals surface area contributed by atoms with Crippen molar-refractivity contribution in [2.45, 2.75) is 85.2 Å². The Morgan fingerprint density at radius 1 is 1.04 bits per heavy atom. The number of fused-ring (bicyclic) bond motifs is 5. The third-order valence-corrected chi connectivity index (χ3v) is 8.96. The summed E-state index contributed by atoms with van der Waals surface area (Å²) in [6, 6.07) is 0. The summed E-state index contributed by atoms with van der Waals surface area (Å²) in [4.78, 5) is 24.1. The molecular formula is C22H34O3. The summed E-state index contributed by atoms with van der Waals surface area (Å²) in [7, 11) is 0. The van der Waals surface area contributed by atoms with E-state index in [1.54, 1.807) is 0 Å². The molecule has 0 bridgehead atoms. The minimum Gasteiger partial charge on any atom is -0.463 e. The van der Waals surface area contributed by atoms with Gasteiger partial charge in [0.2, 0.25) is 0 Å². The van der Waals surface area contributed by atoms with Crippen LogP contribution in [0.1, 0.15) is 79.1 Å². The number of esters is 1. The van der Waals surface area contributed by atoms with Crippen LogP contribution in [0.3, 0.4) is 0 Å². The molecule has 25 heavy (non-hydrogen) atoms. The summed E-state index contributed by atoms with van der Waals surface area (Å²) in [6.07, 6.45) is 9.36. The third-order valence-electron chi connectivity index (χ3n) is 8.96. The van der Waals surface area contributed by atoms with Crippen LogP contribution in [0.5, 0.6) is 0 Å². The summed E-state index contributed by atoms with van der Waals surface area (Å²) >= 11 is 0. The van der Waals surface area contributed by atoms with E-state index >= 15 is 0 Å². The van der Waals surface area contributed by atoms with E-state index in [1.807, 2.05) is 0 Å². The molecule has 0 aromatic heterocycles. The van der Waals surface area contributed by atoms with Gasteiger partial charge in [-0.3, -0.25) is 9.59 Å². The fraction of sp³-hybridized carbons (Fsp3) is 0.909. The number of carbonyl (C=O) groups excluding carboxylic acids is 2. The van der Waals surface area contributed by atoms with Crippen molar-refractivity contribution in [2.24, 2.45) is 40.4 Å². The van der Waals surface area contributed by atoms with Gasteiger partial charge in [-0.2, -0.15) is 0 Å². The third kappa shape index (κ3) is 2.51. The quantitative estimate of drug-likeness (QED) is 0.642. The van der Waals surface area contributed by atoms with Gasteiger partial charge in [-0.05, 0) is 80.5 Å². The number of rotatable bonds is 1. The van der Waals surface area contributed by atoms with Gasteiger partial charge in [-0.25, -0.2) is 0 Å². The van der Waals surface area contributed by atoms with Crippen molar-refractivity contribution >= 4 is 11.8 Å². The monoisotopic (exact) mass is 346 g/mol. The fourth-order valence-corrected chi connectivity index (χ4v) is 7.67. The molecule has 0 aliphatic heterocycles. The van der Waals surface area contributed by atoms with E-state index in [4.69, 9.17) is 4.74 Å². The highest BCUT2D eigenvalue weighted by atomic mass is 16.5. The maximum atomic E-state index is 12.8. The van der Waals surface area contributed by atoms with Crippen molar-refractivity contribution in [3.63, 3.8) is 0 Å². The van der Waals surface area contributed by atoms with Gasteiger partial charge in [0.25, 0.3) is 0 Å². The standard InChI is InChI=1S/C22H34O3/c1-13-11-19-17-6-5-15-12-16(25-14(2)23)7-9-21(15,3)18(17)8-10-22(19,4)20(13)24/h13,15-19H,5-12H2,1-4H3/t13-,15+,16-,17-,18-,19+,21+,22+/m1/s1. The number of Topliss-reactive ketones (excluding diaryl/α,β-unsaturated/α-hetero) is 1. The smallest absolute Gasteiger partial charge is 0.302 e. The van der Waals surface area contributed by atoms with E-state index in [1.165, 1.54) is 32.6 Å². The van der Waals surface area contributed by atoms with Crippen molar-refractivity contribution in [3.05, 3.63) is 0 Å². The van der Waals surface area contributed by atoms with Crippen molar-refractivity contribution in [1.29, 1.82) is 0 Å². The van der Waals surface area contributed by atoms with Crippen molar-refractivity contribution in [2.75, 3.05) is 0 Å². The Morgan fingerprint density at radius 3 is 2.52 bits per heavy atom. The van der Waals surface area contributed by atoms with E-state index in [0.717, 1.165) is 37.5 Å². The maximum Gasteiger partial charge on any atom is 0.302 e. The lowest BCUT2D eigenvalue weighted by Gasteiger charge is -2.60. The van der Waals surface area contributed by atoms with E-state index in [0.29, 0.717) is 23.0 Å². The molecule has 0 aromatic carbocycles. The second-order valence-electron chi connectivity index (χ2n) is 10.1. The van der Waals surface area contributed by atoms with Gasteiger partial charge in [0.15, 0.2) is 0 Å². The summed E-state index contributed by atoms with van der Waals surface area (Å²) in [5.74, 6) is 3.47.